The van der Waals surface area contributed by atoms with Gasteiger partial charge < -0.3 is 9.47 Å². The van der Waals surface area contributed by atoms with Gasteiger partial charge in [-0.05, 0) is 25.0 Å². The summed E-state index contributed by atoms with van der Waals surface area (Å²) in [6.07, 6.45) is 7.41. The molecule has 1 fully saturated rings. The molecule has 0 unspecified atom stereocenters. The Kier molecular flexibility index (Phi) is 4.25. The molecular weight excluding hydrogens is 325 g/mol. The molecular formula is C17H18FN5S. The molecule has 7 heteroatoms. The van der Waals surface area contributed by atoms with Crippen molar-refractivity contribution in [3.63, 3.8) is 0 Å². The highest BCUT2D eigenvalue weighted by Crippen LogP contribution is 2.30. The summed E-state index contributed by atoms with van der Waals surface area (Å²) in [6.45, 7) is 2.35. The summed E-state index contributed by atoms with van der Waals surface area (Å²) in [4.78, 5) is 15.1. The standard InChI is InChI=1S/C17H18FN5S/c18-15-2-1-5-19-17(15)22-7-3-13(4-8-22)16-20-6-9-23(16)10-14-11-24-12-21-14/h1-2,5-6,9,11-13H,3-4,7-8,10H2. The van der Waals surface area contributed by atoms with Gasteiger partial charge in [0.05, 0.1) is 17.7 Å². The van der Waals surface area contributed by atoms with E-state index < -0.39 is 0 Å². The van der Waals surface area contributed by atoms with E-state index in [1.165, 1.54) is 6.07 Å². The van der Waals surface area contributed by atoms with Gasteiger partial charge in [-0.15, -0.1) is 11.3 Å². The van der Waals surface area contributed by atoms with E-state index in [9.17, 15) is 4.39 Å². The molecule has 24 heavy (non-hydrogen) atoms. The number of rotatable bonds is 4. The van der Waals surface area contributed by atoms with Gasteiger partial charge in [-0.3, -0.25) is 0 Å². The van der Waals surface area contributed by atoms with E-state index in [1.54, 1.807) is 23.6 Å². The van der Waals surface area contributed by atoms with Crippen LogP contribution in [0.5, 0.6) is 0 Å². The Morgan fingerprint density at radius 1 is 1.17 bits per heavy atom. The average Bonchev–Trinajstić information content (AvgIpc) is 3.28. The van der Waals surface area contributed by atoms with Crippen molar-refractivity contribution < 1.29 is 4.39 Å². The largest absolute Gasteiger partial charge is 0.354 e. The monoisotopic (exact) mass is 343 g/mol. The zero-order valence-corrected chi connectivity index (χ0v) is 14.0. The van der Waals surface area contributed by atoms with Crippen molar-refractivity contribution in [3.8, 4) is 0 Å². The number of nitrogens with zero attached hydrogens (tertiary/aromatic N) is 5. The normalized spacial score (nSPS) is 15.8. The highest BCUT2D eigenvalue weighted by molar-refractivity contribution is 7.07. The van der Waals surface area contributed by atoms with E-state index in [0.29, 0.717) is 11.7 Å². The Labute approximate surface area is 143 Å². The summed E-state index contributed by atoms with van der Waals surface area (Å²) < 4.78 is 16.1. The van der Waals surface area contributed by atoms with Gasteiger partial charge >= 0.3 is 0 Å². The summed E-state index contributed by atoms with van der Waals surface area (Å²) in [7, 11) is 0. The topological polar surface area (TPSA) is 46.8 Å². The zero-order valence-electron chi connectivity index (χ0n) is 13.2. The van der Waals surface area contributed by atoms with Crippen LogP contribution in [0.1, 0.15) is 30.3 Å². The number of halogens is 1. The third kappa shape index (κ3) is 3.03. The molecule has 0 bridgehead atoms. The maximum Gasteiger partial charge on any atom is 0.165 e. The Balaban J connectivity index is 1.45. The van der Waals surface area contributed by atoms with Gasteiger partial charge in [0.2, 0.25) is 0 Å². The van der Waals surface area contributed by atoms with Gasteiger partial charge in [-0.25, -0.2) is 19.3 Å². The summed E-state index contributed by atoms with van der Waals surface area (Å²) in [5.41, 5.74) is 2.92. The first-order chi connectivity index (χ1) is 11.8. The first-order valence-corrected chi connectivity index (χ1v) is 8.99. The molecule has 1 aliphatic rings. The van der Waals surface area contributed by atoms with Crippen LogP contribution in [0.4, 0.5) is 10.2 Å². The van der Waals surface area contributed by atoms with Gasteiger partial charge in [0, 0.05) is 43.0 Å². The maximum atomic E-state index is 13.9. The van der Waals surface area contributed by atoms with Crippen molar-refractivity contribution >= 4 is 17.2 Å². The van der Waals surface area contributed by atoms with Crippen molar-refractivity contribution in [2.24, 2.45) is 0 Å². The number of hydrogen-bond donors (Lipinski definition) is 0. The van der Waals surface area contributed by atoms with Crippen LogP contribution in [0.25, 0.3) is 0 Å². The minimum Gasteiger partial charge on any atom is -0.354 e. The van der Waals surface area contributed by atoms with Crippen LogP contribution in [0, 0.1) is 5.82 Å². The number of thiazole rings is 1. The van der Waals surface area contributed by atoms with Crippen LogP contribution in [-0.2, 0) is 6.54 Å². The van der Waals surface area contributed by atoms with Gasteiger partial charge in [-0.2, -0.15) is 0 Å². The molecule has 0 saturated carbocycles. The molecule has 0 amide bonds. The minimum atomic E-state index is -0.249. The van der Waals surface area contributed by atoms with E-state index in [0.717, 1.165) is 44.0 Å². The molecule has 124 valence electrons. The van der Waals surface area contributed by atoms with Gasteiger partial charge in [0.1, 0.15) is 5.82 Å². The highest BCUT2D eigenvalue weighted by Gasteiger charge is 2.25. The van der Waals surface area contributed by atoms with E-state index in [1.807, 2.05) is 22.8 Å². The fraction of sp³-hybridized carbons (Fsp3) is 0.353. The van der Waals surface area contributed by atoms with Gasteiger partial charge in [0.25, 0.3) is 0 Å². The lowest BCUT2D eigenvalue weighted by molar-refractivity contribution is 0.462. The maximum absolute atomic E-state index is 13.9. The molecule has 0 aromatic carbocycles. The molecule has 0 radical (unpaired) electrons. The molecule has 3 aromatic rings. The first-order valence-electron chi connectivity index (χ1n) is 8.05. The highest BCUT2D eigenvalue weighted by atomic mass is 32.1. The second-order valence-corrected chi connectivity index (χ2v) is 6.68. The van der Waals surface area contributed by atoms with Crippen molar-refractivity contribution in [3.05, 3.63) is 58.9 Å². The predicted octanol–water partition coefficient (Wildman–Crippen LogP) is 3.31. The van der Waals surface area contributed by atoms with Crippen molar-refractivity contribution in [1.82, 2.24) is 19.5 Å². The summed E-state index contributed by atoms with van der Waals surface area (Å²) in [6, 6.07) is 3.09. The zero-order chi connectivity index (χ0) is 16.4. The molecule has 1 aliphatic heterocycles. The number of anilines is 1. The van der Waals surface area contributed by atoms with Crippen molar-refractivity contribution in [2.45, 2.75) is 25.3 Å². The Morgan fingerprint density at radius 2 is 2.04 bits per heavy atom. The van der Waals surface area contributed by atoms with Crippen LogP contribution in [0.15, 0.2) is 41.6 Å². The van der Waals surface area contributed by atoms with Crippen molar-refractivity contribution in [2.75, 3.05) is 18.0 Å². The van der Waals surface area contributed by atoms with Crippen LogP contribution in [0.3, 0.4) is 0 Å². The fourth-order valence-electron chi connectivity index (χ4n) is 3.26. The molecule has 0 atom stereocenters. The van der Waals surface area contributed by atoms with Crippen molar-refractivity contribution in [1.29, 1.82) is 0 Å². The SMILES string of the molecule is Fc1cccnc1N1CCC(c2nccn2Cc2cscn2)CC1. The van der Waals surface area contributed by atoms with Crippen LogP contribution in [-0.4, -0.2) is 32.6 Å². The Morgan fingerprint density at radius 3 is 2.79 bits per heavy atom. The van der Waals surface area contributed by atoms with Crippen LogP contribution < -0.4 is 4.90 Å². The van der Waals surface area contributed by atoms with Gasteiger partial charge in [0.15, 0.2) is 11.6 Å². The molecule has 4 heterocycles. The molecule has 4 rings (SSSR count). The number of imidazole rings is 1. The number of piperidine rings is 1. The smallest absolute Gasteiger partial charge is 0.165 e. The van der Waals surface area contributed by atoms with E-state index in [4.69, 9.17) is 0 Å². The minimum absolute atomic E-state index is 0.249. The quantitative estimate of drug-likeness (QED) is 0.729. The lowest BCUT2D eigenvalue weighted by Crippen LogP contribution is -2.34. The summed E-state index contributed by atoms with van der Waals surface area (Å²) in [5, 5.41) is 2.07. The molecule has 0 aliphatic carbocycles. The predicted molar refractivity (Wildman–Crippen MR) is 91.8 cm³/mol. The molecule has 5 nitrogen and oxygen atoms in total. The van der Waals surface area contributed by atoms with E-state index in [-0.39, 0.29) is 5.82 Å². The second-order valence-electron chi connectivity index (χ2n) is 5.96. The van der Waals surface area contributed by atoms with E-state index >= 15 is 0 Å². The van der Waals surface area contributed by atoms with Crippen LogP contribution >= 0.6 is 11.3 Å². The lowest BCUT2D eigenvalue weighted by atomic mass is 9.96. The first kappa shape index (κ1) is 15.3. The molecule has 3 aromatic heterocycles. The summed E-state index contributed by atoms with van der Waals surface area (Å²) >= 11 is 1.61. The second kappa shape index (κ2) is 6.68. The number of aromatic nitrogens is 4. The molecule has 0 spiro atoms. The lowest BCUT2D eigenvalue weighted by Gasteiger charge is -2.32. The Bertz CT molecular complexity index is 793. The third-order valence-corrected chi connectivity index (χ3v) is 5.10. The average molecular weight is 343 g/mol. The number of pyridine rings is 1. The fourth-order valence-corrected chi connectivity index (χ4v) is 3.81. The van der Waals surface area contributed by atoms with Gasteiger partial charge in [-0.1, -0.05) is 0 Å². The number of hydrogen-bond acceptors (Lipinski definition) is 5. The molecule has 0 N–H and O–H groups in total. The van der Waals surface area contributed by atoms with E-state index in [2.05, 4.69) is 24.9 Å². The third-order valence-electron chi connectivity index (χ3n) is 4.46. The Hall–Kier alpha value is -2.28. The molecule has 1 saturated heterocycles. The summed E-state index contributed by atoms with van der Waals surface area (Å²) in [5.74, 6) is 1.70. The van der Waals surface area contributed by atoms with Crippen LogP contribution in [0.2, 0.25) is 0 Å².